The Morgan fingerprint density at radius 3 is 1.20 bits per heavy atom. The van der Waals surface area contributed by atoms with Gasteiger partial charge in [-0.2, -0.15) is 0 Å². The molecule has 0 saturated heterocycles. The van der Waals surface area contributed by atoms with Gasteiger partial charge in [-0.05, 0) is 30.1 Å². The van der Waals surface area contributed by atoms with Crippen molar-refractivity contribution in [3.05, 3.63) is 0 Å². The molecule has 2 atom stereocenters. The van der Waals surface area contributed by atoms with E-state index in [2.05, 4.69) is 0 Å². The quantitative estimate of drug-likeness (QED) is 0.651. The first-order chi connectivity index (χ1) is 6.46. The Labute approximate surface area is 93.7 Å². The Bertz CT molecular complexity index is 220. The summed E-state index contributed by atoms with van der Waals surface area (Å²) in [7, 11) is 0. The van der Waals surface area contributed by atoms with Gasteiger partial charge in [0.15, 0.2) is 0 Å². The van der Waals surface area contributed by atoms with E-state index in [0.717, 1.165) is 6.42 Å². The second-order valence-electron chi connectivity index (χ2n) is 7.07. The summed E-state index contributed by atoms with van der Waals surface area (Å²) in [5.74, 6) is 0. The van der Waals surface area contributed by atoms with Crippen LogP contribution in [0.15, 0.2) is 0 Å². The molecule has 0 amide bonds. The molecule has 0 aromatic carbocycles. The van der Waals surface area contributed by atoms with Crippen LogP contribution in [-0.2, 0) is 0 Å². The maximum Gasteiger partial charge on any atom is 0.0986 e. The first kappa shape index (κ1) is 13.0. The maximum atomic E-state index is 10.8. The smallest absolute Gasteiger partial charge is 0.0986 e. The average molecular weight is 214 g/mol. The predicted molar refractivity (Wildman–Crippen MR) is 62.7 cm³/mol. The molecule has 2 N–H and O–H groups in total. The monoisotopic (exact) mass is 214 g/mol. The van der Waals surface area contributed by atoms with E-state index >= 15 is 0 Å². The fourth-order valence-corrected chi connectivity index (χ4v) is 3.00. The van der Waals surface area contributed by atoms with Crippen LogP contribution in [0.3, 0.4) is 0 Å². The minimum absolute atomic E-state index is 0.286. The van der Waals surface area contributed by atoms with Gasteiger partial charge in [-0.15, -0.1) is 0 Å². The van der Waals surface area contributed by atoms with E-state index < -0.39 is 11.2 Å². The van der Waals surface area contributed by atoms with Crippen LogP contribution in [-0.4, -0.2) is 21.4 Å². The van der Waals surface area contributed by atoms with E-state index in [1.165, 1.54) is 0 Å². The molecule has 1 saturated carbocycles. The largest absolute Gasteiger partial charge is 0.386 e. The van der Waals surface area contributed by atoms with Crippen molar-refractivity contribution in [2.45, 2.75) is 72.0 Å². The Morgan fingerprint density at radius 1 is 0.733 bits per heavy atom. The summed E-state index contributed by atoms with van der Waals surface area (Å²) in [6.45, 7) is 12.1. The maximum absolute atomic E-state index is 10.8. The van der Waals surface area contributed by atoms with Crippen molar-refractivity contribution in [2.75, 3.05) is 0 Å². The van der Waals surface area contributed by atoms with Gasteiger partial charge in [-0.1, -0.05) is 41.5 Å². The molecular formula is C13H26O2. The summed E-state index contributed by atoms with van der Waals surface area (Å²) < 4.78 is 0. The van der Waals surface area contributed by atoms with Crippen LogP contribution < -0.4 is 0 Å². The Hall–Kier alpha value is -0.0800. The Kier molecular flexibility index (Phi) is 2.78. The minimum atomic E-state index is -0.974. The lowest BCUT2D eigenvalue weighted by Gasteiger charge is -2.53. The summed E-state index contributed by atoms with van der Waals surface area (Å²) in [6, 6.07) is 0. The van der Waals surface area contributed by atoms with E-state index in [9.17, 15) is 10.2 Å². The summed E-state index contributed by atoms with van der Waals surface area (Å²) in [5.41, 5.74) is -2.52. The lowest BCUT2D eigenvalue weighted by atomic mass is 9.59. The van der Waals surface area contributed by atoms with Crippen LogP contribution >= 0.6 is 0 Å². The molecule has 0 aromatic heterocycles. The minimum Gasteiger partial charge on any atom is -0.386 e. The van der Waals surface area contributed by atoms with E-state index in [1.54, 1.807) is 0 Å². The van der Waals surface area contributed by atoms with Gasteiger partial charge < -0.3 is 10.2 Å². The zero-order valence-corrected chi connectivity index (χ0v) is 11.0. The highest BCUT2D eigenvalue weighted by Crippen LogP contribution is 2.56. The molecule has 1 fully saturated rings. The van der Waals surface area contributed by atoms with Gasteiger partial charge in [0, 0.05) is 0 Å². The van der Waals surface area contributed by atoms with Gasteiger partial charge in [0.25, 0.3) is 0 Å². The molecule has 0 aromatic rings. The molecule has 90 valence electrons. The van der Waals surface area contributed by atoms with Crippen molar-refractivity contribution >= 4 is 0 Å². The molecule has 0 radical (unpaired) electrons. The fourth-order valence-electron chi connectivity index (χ4n) is 3.00. The number of rotatable bonds is 0. The molecule has 0 bridgehead atoms. The summed E-state index contributed by atoms with van der Waals surface area (Å²) in [6.07, 6.45) is 2.30. The standard InChI is InChI=1S/C13H26O2/c1-10(2,3)12(14)8-7-9-13(12,15)11(4,5)6/h14-15H,7-9H2,1-6H3/t12-,13+. The summed E-state index contributed by atoms with van der Waals surface area (Å²) in [5, 5.41) is 21.7. The van der Waals surface area contributed by atoms with Gasteiger partial charge in [-0.3, -0.25) is 0 Å². The van der Waals surface area contributed by atoms with E-state index in [1.807, 2.05) is 41.5 Å². The van der Waals surface area contributed by atoms with Crippen LogP contribution in [0.4, 0.5) is 0 Å². The second kappa shape index (κ2) is 3.21. The van der Waals surface area contributed by atoms with Gasteiger partial charge >= 0.3 is 0 Å². The SMILES string of the molecule is CC(C)(C)[C@]1(O)CCC[C@]1(O)C(C)(C)C. The molecule has 15 heavy (non-hydrogen) atoms. The molecule has 0 unspecified atom stereocenters. The third-order valence-corrected chi connectivity index (χ3v) is 4.24. The van der Waals surface area contributed by atoms with Crippen LogP contribution in [0.1, 0.15) is 60.8 Å². The fraction of sp³-hybridized carbons (Fsp3) is 1.00. The number of hydrogen-bond donors (Lipinski definition) is 2. The van der Waals surface area contributed by atoms with Crippen LogP contribution in [0.2, 0.25) is 0 Å². The highest BCUT2D eigenvalue weighted by Gasteiger charge is 2.63. The summed E-state index contributed by atoms with van der Waals surface area (Å²) >= 11 is 0. The molecule has 0 aliphatic heterocycles. The molecule has 0 heterocycles. The van der Waals surface area contributed by atoms with Crippen molar-refractivity contribution in [1.29, 1.82) is 0 Å². The van der Waals surface area contributed by atoms with E-state index in [-0.39, 0.29) is 10.8 Å². The van der Waals surface area contributed by atoms with Gasteiger partial charge in [-0.25, -0.2) is 0 Å². The highest BCUT2D eigenvalue weighted by molar-refractivity contribution is 5.14. The van der Waals surface area contributed by atoms with E-state index in [0.29, 0.717) is 12.8 Å². The lowest BCUT2D eigenvalue weighted by Crippen LogP contribution is -2.63. The highest BCUT2D eigenvalue weighted by atomic mass is 16.4. The molecule has 1 rings (SSSR count). The van der Waals surface area contributed by atoms with Crippen LogP contribution in [0.25, 0.3) is 0 Å². The molecule has 2 heteroatoms. The third kappa shape index (κ3) is 1.62. The summed E-state index contributed by atoms with van der Waals surface area (Å²) in [4.78, 5) is 0. The molecule has 2 nitrogen and oxygen atoms in total. The van der Waals surface area contributed by atoms with Crippen LogP contribution in [0.5, 0.6) is 0 Å². The first-order valence-electron chi connectivity index (χ1n) is 5.90. The zero-order valence-electron chi connectivity index (χ0n) is 11.0. The van der Waals surface area contributed by atoms with Gasteiger partial charge in [0.2, 0.25) is 0 Å². The number of aliphatic hydroxyl groups is 2. The van der Waals surface area contributed by atoms with E-state index in [4.69, 9.17) is 0 Å². The topological polar surface area (TPSA) is 40.5 Å². The number of hydrogen-bond acceptors (Lipinski definition) is 2. The zero-order chi connectivity index (χ0) is 12.1. The first-order valence-corrected chi connectivity index (χ1v) is 5.90. The third-order valence-electron chi connectivity index (χ3n) is 4.24. The molecular weight excluding hydrogens is 188 g/mol. The molecule has 0 spiro atoms. The molecule has 1 aliphatic carbocycles. The van der Waals surface area contributed by atoms with Crippen molar-refractivity contribution in [1.82, 2.24) is 0 Å². The van der Waals surface area contributed by atoms with Crippen molar-refractivity contribution in [2.24, 2.45) is 10.8 Å². The van der Waals surface area contributed by atoms with Crippen molar-refractivity contribution in [3.63, 3.8) is 0 Å². The lowest BCUT2D eigenvalue weighted by molar-refractivity contribution is -0.226. The Balaban J connectivity index is 3.21. The van der Waals surface area contributed by atoms with Crippen molar-refractivity contribution < 1.29 is 10.2 Å². The van der Waals surface area contributed by atoms with Gasteiger partial charge in [0.1, 0.15) is 0 Å². The van der Waals surface area contributed by atoms with Crippen molar-refractivity contribution in [3.8, 4) is 0 Å². The normalized spacial score (nSPS) is 38.4. The molecule has 1 aliphatic rings. The van der Waals surface area contributed by atoms with Gasteiger partial charge in [0.05, 0.1) is 11.2 Å². The van der Waals surface area contributed by atoms with Crippen LogP contribution in [0, 0.1) is 10.8 Å². The average Bonchev–Trinajstić information content (AvgIpc) is 2.27. The Morgan fingerprint density at radius 2 is 1.00 bits per heavy atom. The predicted octanol–water partition coefficient (Wildman–Crippen LogP) is 2.72. The second-order valence-corrected chi connectivity index (χ2v) is 7.07.